The van der Waals surface area contributed by atoms with Gasteiger partial charge < -0.3 is 22.9 Å². The highest BCUT2D eigenvalue weighted by atomic mass is 16.2. The third-order valence-corrected chi connectivity index (χ3v) is 0.493. The Bertz CT molecular complexity index is 202. The Hall–Kier alpha value is -2.52. The standard InChI is InChI=1S/2C2H5N3O2.CH4/c2*3-1(6)5-2(4)7;/h2*(H5,3,4,5,6,7);1H4. The first kappa shape index (κ1) is 18.3. The van der Waals surface area contributed by atoms with Crippen molar-refractivity contribution in [3.05, 3.63) is 0 Å². The van der Waals surface area contributed by atoms with Crippen LogP contribution >= 0.6 is 0 Å². The number of imide groups is 2. The van der Waals surface area contributed by atoms with Crippen LogP contribution in [0.1, 0.15) is 7.43 Å². The van der Waals surface area contributed by atoms with Crippen molar-refractivity contribution in [3.63, 3.8) is 0 Å². The van der Waals surface area contributed by atoms with E-state index in [1.54, 1.807) is 10.6 Å². The molecule has 0 saturated carbocycles. The molecule has 0 bridgehead atoms. The summed E-state index contributed by atoms with van der Waals surface area (Å²) in [6.07, 6.45) is 0. The molecule has 0 rings (SSSR count). The van der Waals surface area contributed by atoms with E-state index in [0.717, 1.165) is 0 Å². The van der Waals surface area contributed by atoms with Crippen LogP contribution in [0.2, 0.25) is 0 Å². The minimum absolute atomic E-state index is 0. The molecule has 0 spiro atoms. The van der Waals surface area contributed by atoms with E-state index in [0.29, 0.717) is 0 Å². The van der Waals surface area contributed by atoms with Gasteiger partial charge in [0.15, 0.2) is 0 Å². The molecule has 0 aliphatic carbocycles. The summed E-state index contributed by atoms with van der Waals surface area (Å²) in [5, 5.41) is 3.17. The van der Waals surface area contributed by atoms with E-state index in [9.17, 15) is 19.2 Å². The van der Waals surface area contributed by atoms with Crippen LogP contribution in [0.5, 0.6) is 0 Å². The topological polar surface area (TPSA) is 196 Å². The molecule has 0 aromatic rings. The largest absolute Gasteiger partial charge is 0.351 e. The van der Waals surface area contributed by atoms with E-state index in [1.807, 2.05) is 0 Å². The van der Waals surface area contributed by atoms with E-state index in [-0.39, 0.29) is 7.43 Å². The summed E-state index contributed by atoms with van der Waals surface area (Å²) in [5.41, 5.74) is 17.8. The second-order valence-corrected chi connectivity index (χ2v) is 1.71. The van der Waals surface area contributed by atoms with Crippen LogP contribution in [0, 0.1) is 0 Å². The van der Waals surface area contributed by atoms with E-state index < -0.39 is 24.1 Å². The third kappa shape index (κ3) is 34.4. The van der Waals surface area contributed by atoms with E-state index in [4.69, 9.17) is 0 Å². The Labute approximate surface area is 85.3 Å². The molecule has 0 heterocycles. The molecule has 0 saturated heterocycles. The lowest BCUT2D eigenvalue weighted by molar-refractivity contribution is 0.235. The molecule has 0 aliphatic rings. The predicted octanol–water partition coefficient (Wildman–Crippen LogP) is -1.90. The Morgan fingerprint density at radius 1 is 0.600 bits per heavy atom. The number of urea groups is 4. The maximum absolute atomic E-state index is 9.62. The van der Waals surface area contributed by atoms with Crippen LogP contribution in [0.25, 0.3) is 0 Å². The zero-order valence-corrected chi connectivity index (χ0v) is 6.94. The lowest BCUT2D eigenvalue weighted by atomic mass is 10.9. The normalized spacial score (nSPS) is 6.93. The first-order valence-corrected chi connectivity index (χ1v) is 2.97. The van der Waals surface area contributed by atoms with Gasteiger partial charge >= 0.3 is 24.1 Å². The summed E-state index contributed by atoms with van der Waals surface area (Å²) in [7, 11) is 0. The number of nitrogens with one attached hydrogen (secondary N) is 2. The highest BCUT2D eigenvalue weighted by Crippen LogP contribution is 1.52. The van der Waals surface area contributed by atoms with Crippen LogP contribution in [-0.4, -0.2) is 24.1 Å². The lowest BCUT2D eigenvalue weighted by Crippen LogP contribution is -2.38. The van der Waals surface area contributed by atoms with Crippen molar-refractivity contribution in [1.29, 1.82) is 0 Å². The smallest absolute Gasteiger partial charge is 0.320 e. The van der Waals surface area contributed by atoms with Crippen molar-refractivity contribution >= 4 is 24.1 Å². The predicted molar refractivity (Wildman–Crippen MR) is 51.3 cm³/mol. The summed E-state index contributed by atoms with van der Waals surface area (Å²) in [6, 6.07) is -3.75. The van der Waals surface area contributed by atoms with Gasteiger partial charge in [0.2, 0.25) is 0 Å². The molecule has 0 aliphatic heterocycles. The number of hydrogen-bond acceptors (Lipinski definition) is 4. The van der Waals surface area contributed by atoms with Gasteiger partial charge in [-0.15, -0.1) is 0 Å². The average Bonchev–Trinajstić information content (AvgIpc) is 1.79. The van der Waals surface area contributed by atoms with Crippen LogP contribution in [0.3, 0.4) is 0 Å². The monoisotopic (exact) mass is 222 g/mol. The second-order valence-electron chi connectivity index (χ2n) is 1.71. The van der Waals surface area contributed by atoms with Gasteiger partial charge in [-0.1, -0.05) is 7.43 Å². The van der Waals surface area contributed by atoms with Crippen LogP contribution in [-0.2, 0) is 0 Å². The number of amides is 8. The van der Waals surface area contributed by atoms with Crippen molar-refractivity contribution in [2.45, 2.75) is 7.43 Å². The molecule has 10 heteroatoms. The van der Waals surface area contributed by atoms with Gasteiger partial charge in [0.05, 0.1) is 0 Å². The molecule has 0 radical (unpaired) electrons. The summed E-state index contributed by atoms with van der Waals surface area (Å²) in [6.45, 7) is 0. The van der Waals surface area contributed by atoms with Gasteiger partial charge in [-0.05, 0) is 0 Å². The Balaban J connectivity index is -0.000000180. The van der Waals surface area contributed by atoms with Gasteiger partial charge in [-0.3, -0.25) is 10.6 Å². The molecule has 8 amide bonds. The molecule has 10 nitrogen and oxygen atoms in total. The molecular weight excluding hydrogens is 208 g/mol. The van der Waals surface area contributed by atoms with Crippen molar-refractivity contribution in [3.8, 4) is 0 Å². The van der Waals surface area contributed by atoms with Gasteiger partial charge in [-0.25, -0.2) is 19.2 Å². The number of hydrogen-bond donors (Lipinski definition) is 6. The number of carbonyl (C=O) groups excluding carboxylic acids is 4. The zero-order chi connectivity index (χ0) is 11.7. The van der Waals surface area contributed by atoms with E-state index in [2.05, 4.69) is 22.9 Å². The summed E-state index contributed by atoms with van der Waals surface area (Å²) in [5.74, 6) is 0. The van der Waals surface area contributed by atoms with Crippen molar-refractivity contribution in [2.24, 2.45) is 22.9 Å². The first-order valence-electron chi connectivity index (χ1n) is 2.97. The van der Waals surface area contributed by atoms with Crippen LogP contribution in [0.4, 0.5) is 19.2 Å². The maximum atomic E-state index is 9.62. The van der Waals surface area contributed by atoms with Crippen molar-refractivity contribution < 1.29 is 19.2 Å². The molecule has 10 N–H and O–H groups in total. The van der Waals surface area contributed by atoms with Gasteiger partial charge in [0, 0.05) is 0 Å². The molecule has 0 aromatic heterocycles. The van der Waals surface area contributed by atoms with E-state index in [1.165, 1.54) is 0 Å². The highest BCUT2D eigenvalue weighted by molar-refractivity contribution is 5.91. The number of nitrogens with two attached hydrogens (primary N) is 4. The summed E-state index contributed by atoms with van der Waals surface area (Å²) >= 11 is 0. The minimum Gasteiger partial charge on any atom is -0.351 e. The molecule has 0 unspecified atom stereocenters. The SMILES string of the molecule is C.NC(=O)NC(N)=O.NC(=O)NC(N)=O. The quantitative estimate of drug-likeness (QED) is 0.278. The third-order valence-electron chi connectivity index (χ3n) is 0.493. The van der Waals surface area contributed by atoms with Crippen molar-refractivity contribution in [2.75, 3.05) is 0 Å². The molecule has 0 fully saturated rings. The zero-order valence-electron chi connectivity index (χ0n) is 6.94. The molecule has 0 aromatic carbocycles. The maximum Gasteiger partial charge on any atom is 0.320 e. The molecule has 88 valence electrons. The van der Waals surface area contributed by atoms with Crippen molar-refractivity contribution in [1.82, 2.24) is 10.6 Å². The second kappa shape index (κ2) is 9.57. The van der Waals surface area contributed by atoms with Crippen LogP contribution in [0.15, 0.2) is 0 Å². The minimum atomic E-state index is -0.938. The highest BCUT2D eigenvalue weighted by Gasteiger charge is 1.92. The number of primary amides is 4. The fourth-order valence-electron chi connectivity index (χ4n) is 0.243. The molecule has 0 atom stereocenters. The van der Waals surface area contributed by atoms with Gasteiger partial charge in [0.1, 0.15) is 0 Å². The molecular formula is C5H14N6O4. The van der Waals surface area contributed by atoms with E-state index >= 15 is 0 Å². The molecule has 15 heavy (non-hydrogen) atoms. The van der Waals surface area contributed by atoms with Crippen LogP contribution < -0.4 is 33.6 Å². The Morgan fingerprint density at radius 2 is 0.733 bits per heavy atom. The Morgan fingerprint density at radius 3 is 0.733 bits per heavy atom. The lowest BCUT2D eigenvalue weighted by Gasteiger charge is -1.88. The first-order chi connectivity index (χ1) is 6.25. The fourth-order valence-corrected chi connectivity index (χ4v) is 0.243. The number of carbonyl (C=O) groups is 4. The summed E-state index contributed by atoms with van der Waals surface area (Å²) in [4.78, 5) is 38.5. The Kier molecular flexibility index (Phi) is 11.7. The van der Waals surface area contributed by atoms with Gasteiger partial charge in [-0.2, -0.15) is 0 Å². The fraction of sp³-hybridized carbons (Fsp3) is 0.200. The average molecular weight is 222 g/mol. The summed E-state index contributed by atoms with van der Waals surface area (Å²) < 4.78 is 0. The van der Waals surface area contributed by atoms with Gasteiger partial charge in [0.25, 0.3) is 0 Å². The number of rotatable bonds is 0.